The second kappa shape index (κ2) is 6.15. The molecule has 0 atom stereocenters. The smallest absolute Gasteiger partial charge is 0.154 e. The number of nitrogens with one attached hydrogen (secondary N) is 1. The number of rotatable bonds is 5. The molecule has 22 heavy (non-hydrogen) atoms. The normalized spacial score (nSPS) is 14.4. The minimum absolute atomic E-state index is 0.559. The fraction of sp³-hybridized carbons (Fsp3) is 0.647. The molecule has 0 spiro atoms. The molecule has 120 valence electrons. The van der Waals surface area contributed by atoms with E-state index in [2.05, 4.69) is 35.6 Å². The van der Waals surface area contributed by atoms with Crippen LogP contribution in [0.5, 0.6) is 0 Å². The summed E-state index contributed by atoms with van der Waals surface area (Å²) < 4.78 is 2.40. The SMILES string of the molecule is CCCCc1nc2c(N)nc3c(c2n1CC(C)C)CCCN3. The molecule has 2 aromatic heterocycles. The highest BCUT2D eigenvalue weighted by molar-refractivity contribution is 5.91. The van der Waals surface area contributed by atoms with Gasteiger partial charge in [0.05, 0.1) is 5.52 Å². The van der Waals surface area contributed by atoms with E-state index >= 15 is 0 Å². The van der Waals surface area contributed by atoms with Crippen LogP contribution < -0.4 is 11.1 Å². The van der Waals surface area contributed by atoms with Gasteiger partial charge in [0.15, 0.2) is 5.82 Å². The van der Waals surface area contributed by atoms with Gasteiger partial charge in [0.2, 0.25) is 0 Å². The molecule has 0 unspecified atom stereocenters. The summed E-state index contributed by atoms with van der Waals surface area (Å²) in [5, 5.41) is 3.40. The van der Waals surface area contributed by atoms with Crippen molar-refractivity contribution in [3.63, 3.8) is 0 Å². The van der Waals surface area contributed by atoms with E-state index in [0.717, 1.165) is 55.9 Å². The van der Waals surface area contributed by atoms with Crippen LogP contribution >= 0.6 is 0 Å². The summed E-state index contributed by atoms with van der Waals surface area (Å²) in [5.41, 5.74) is 9.61. The highest BCUT2D eigenvalue weighted by atomic mass is 15.1. The lowest BCUT2D eigenvalue weighted by Gasteiger charge is -2.20. The van der Waals surface area contributed by atoms with Gasteiger partial charge in [-0.2, -0.15) is 0 Å². The quantitative estimate of drug-likeness (QED) is 0.888. The van der Waals surface area contributed by atoms with Gasteiger partial charge in [-0.1, -0.05) is 27.2 Å². The van der Waals surface area contributed by atoms with Crippen LogP contribution in [0.2, 0.25) is 0 Å². The van der Waals surface area contributed by atoms with Gasteiger partial charge in [0, 0.05) is 25.1 Å². The standard InChI is InChI=1S/C17H27N5/c1-4-5-8-13-20-14-15(22(13)10-11(2)3)12-7-6-9-19-17(12)21-16(14)18/h11H,4-10H2,1-3H3,(H3,18,19,21). The van der Waals surface area contributed by atoms with Crippen molar-refractivity contribution in [2.24, 2.45) is 5.92 Å². The van der Waals surface area contributed by atoms with E-state index in [9.17, 15) is 0 Å². The zero-order valence-electron chi connectivity index (χ0n) is 13.9. The van der Waals surface area contributed by atoms with Crippen LogP contribution in [0.1, 0.15) is 51.4 Å². The Kier molecular flexibility index (Phi) is 4.23. The second-order valence-electron chi connectivity index (χ2n) is 6.69. The molecule has 3 rings (SSSR count). The summed E-state index contributed by atoms with van der Waals surface area (Å²) in [6.45, 7) is 8.70. The van der Waals surface area contributed by atoms with Crippen molar-refractivity contribution in [3.8, 4) is 0 Å². The van der Waals surface area contributed by atoms with Crippen molar-refractivity contribution in [2.75, 3.05) is 17.6 Å². The molecular weight excluding hydrogens is 274 g/mol. The zero-order valence-corrected chi connectivity index (χ0v) is 13.9. The maximum atomic E-state index is 6.20. The third-order valence-electron chi connectivity index (χ3n) is 4.29. The van der Waals surface area contributed by atoms with Crippen LogP contribution in [-0.4, -0.2) is 21.1 Å². The van der Waals surface area contributed by atoms with Crippen molar-refractivity contribution in [1.82, 2.24) is 14.5 Å². The number of aromatic nitrogens is 3. The van der Waals surface area contributed by atoms with E-state index in [1.54, 1.807) is 0 Å². The maximum Gasteiger partial charge on any atom is 0.154 e. The molecule has 3 N–H and O–H groups in total. The molecule has 0 saturated heterocycles. The van der Waals surface area contributed by atoms with Gasteiger partial charge in [-0.25, -0.2) is 9.97 Å². The number of hydrogen-bond donors (Lipinski definition) is 2. The highest BCUT2D eigenvalue weighted by Gasteiger charge is 2.22. The molecule has 5 nitrogen and oxygen atoms in total. The van der Waals surface area contributed by atoms with Crippen LogP contribution in [0.4, 0.5) is 11.6 Å². The van der Waals surface area contributed by atoms with E-state index in [1.807, 2.05) is 0 Å². The second-order valence-corrected chi connectivity index (χ2v) is 6.69. The van der Waals surface area contributed by atoms with E-state index in [-0.39, 0.29) is 0 Å². The van der Waals surface area contributed by atoms with Gasteiger partial charge in [-0.05, 0) is 25.2 Å². The number of aryl methyl sites for hydroxylation is 2. The molecule has 0 aromatic carbocycles. The molecule has 3 heterocycles. The summed E-state index contributed by atoms with van der Waals surface area (Å²) in [4.78, 5) is 9.41. The van der Waals surface area contributed by atoms with Crippen molar-refractivity contribution < 1.29 is 0 Å². The van der Waals surface area contributed by atoms with Crippen molar-refractivity contribution in [2.45, 2.75) is 59.4 Å². The average molecular weight is 301 g/mol. The first-order chi connectivity index (χ1) is 10.6. The van der Waals surface area contributed by atoms with Gasteiger partial charge < -0.3 is 15.6 Å². The first kappa shape index (κ1) is 15.1. The van der Waals surface area contributed by atoms with Gasteiger partial charge in [-0.15, -0.1) is 0 Å². The fourth-order valence-electron chi connectivity index (χ4n) is 3.28. The lowest BCUT2D eigenvalue weighted by molar-refractivity contribution is 0.512. The Morgan fingerprint density at radius 1 is 1.32 bits per heavy atom. The molecule has 0 fully saturated rings. The Hall–Kier alpha value is -1.78. The summed E-state index contributed by atoms with van der Waals surface area (Å²) >= 11 is 0. The summed E-state index contributed by atoms with van der Waals surface area (Å²) in [6, 6.07) is 0. The van der Waals surface area contributed by atoms with Gasteiger partial charge >= 0.3 is 0 Å². The lowest BCUT2D eigenvalue weighted by Crippen LogP contribution is -2.17. The third-order valence-corrected chi connectivity index (χ3v) is 4.29. The Bertz CT molecular complexity index is 671. The number of pyridine rings is 1. The highest BCUT2D eigenvalue weighted by Crippen LogP contribution is 2.33. The number of unbranched alkanes of at least 4 members (excludes halogenated alkanes) is 1. The zero-order chi connectivity index (χ0) is 15.7. The number of fused-ring (bicyclic) bond motifs is 3. The third kappa shape index (κ3) is 2.64. The van der Waals surface area contributed by atoms with Crippen LogP contribution in [0.15, 0.2) is 0 Å². The fourth-order valence-corrected chi connectivity index (χ4v) is 3.28. The Labute approximate surface area is 132 Å². The molecule has 0 radical (unpaired) electrons. The molecule has 0 bridgehead atoms. The summed E-state index contributed by atoms with van der Waals surface area (Å²) in [5.74, 6) is 3.27. The monoisotopic (exact) mass is 301 g/mol. The average Bonchev–Trinajstić information content (AvgIpc) is 2.84. The minimum Gasteiger partial charge on any atom is -0.382 e. The predicted molar refractivity (Wildman–Crippen MR) is 92.2 cm³/mol. The van der Waals surface area contributed by atoms with Gasteiger partial charge in [-0.3, -0.25) is 0 Å². The molecule has 1 aliphatic rings. The topological polar surface area (TPSA) is 68.8 Å². The van der Waals surface area contributed by atoms with Crippen molar-refractivity contribution >= 4 is 22.7 Å². The molecule has 0 saturated carbocycles. The molecule has 1 aliphatic heterocycles. The minimum atomic E-state index is 0.559. The van der Waals surface area contributed by atoms with E-state index in [1.165, 1.54) is 17.5 Å². The van der Waals surface area contributed by atoms with E-state index < -0.39 is 0 Å². The van der Waals surface area contributed by atoms with Crippen LogP contribution in [0, 0.1) is 5.92 Å². The van der Waals surface area contributed by atoms with Crippen molar-refractivity contribution in [1.29, 1.82) is 0 Å². The molecule has 5 heteroatoms. The molecular formula is C17H27N5. The van der Waals surface area contributed by atoms with Crippen LogP contribution in [0.25, 0.3) is 11.0 Å². The molecule has 0 aliphatic carbocycles. The van der Waals surface area contributed by atoms with Crippen LogP contribution in [0.3, 0.4) is 0 Å². The first-order valence-corrected chi connectivity index (χ1v) is 8.53. The Balaban J connectivity index is 2.21. The van der Waals surface area contributed by atoms with Crippen molar-refractivity contribution in [3.05, 3.63) is 11.4 Å². The van der Waals surface area contributed by atoms with Gasteiger partial charge in [0.1, 0.15) is 17.2 Å². The molecule has 2 aromatic rings. The number of imidazole rings is 1. The van der Waals surface area contributed by atoms with E-state index in [4.69, 9.17) is 10.7 Å². The Morgan fingerprint density at radius 3 is 2.86 bits per heavy atom. The number of nitrogens with zero attached hydrogens (tertiary/aromatic N) is 3. The van der Waals surface area contributed by atoms with E-state index in [0.29, 0.717) is 11.7 Å². The van der Waals surface area contributed by atoms with Gasteiger partial charge in [0.25, 0.3) is 0 Å². The number of anilines is 2. The largest absolute Gasteiger partial charge is 0.382 e. The first-order valence-electron chi connectivity index (χ1n) is 8.53. The Morgan fingerprint density at radius 2 is 2.14 bits per heavy atom. The van der Waals surface area contributed by atoms with Crippen LogP contribution in [-0.2, 0) is 19.4 Å². The number of nitrogen functional groups attached to an aromatic ring is 1. The number of hydrogen-bond acceptors (Lipinski definition) is 4. The summed E-state index contributed by atoms with van der Waals surface area (Å²) in [6.07, 6.45) is 5.56. The lowest BCUT2D eigenvalue weighted by atomic mass is 10.0. The maximum absolute atomic E-state index is 6.20. The number of nitrogens with two attached hydrogens (primary N) is 1. The predicted octanol–water partition coefficient (Wildman–Crippen LogP) is 3.37. The molecule has 0 amide bonds. The summed E-state index contributed by atoms with van der Waals surface area (Å²) in [7, 11) is 0.